The van der Waals surface area contributed by atoms with Crippen LogP contribution in [0.15, 0.2) is 12.1 Å². The second-order valence-electron chi connectivity index (χ2n) is 7.53. The first-order valence-electron chi connectivity index (χ1n) is 8.90. The highest BCUT2D eigenvalue weighted by molar-refractivity contribution is 8.01. The summed E-state index contributed by atoms with van der Waals surface area (Å²) in [6.45, 7) is 4.55. The van der Waals surface area contributed by atoms with E-state index < -0.39 is 45.3 Å². The predicted molar refractivity (Wildman–Crippen MR) is 109 cm³/mol. The number of ether oxygens (including phenoxy) is 2. The first kappa shape index (κ1) is 22.2. The van der Waals surface area contributed by atoms with Crippen LogP contribution in [0.2, 0.25) is 5.02 Å². The van der Waals surface area contributed by atoms with Crippen molar-refractivity contribution in [3.63, 3.8) is 0 Å². The lowest BCUT2D eigenvalue weighted by Crippen LogP contribution is -2.82. The lowest BCUT2D eigenvalue weighted by molar-refractivity contribution is -0.170. The number of nitrogens with one attached hydrogen (secondary N) is 1. The van der Waals surface area contributed by atoms with Crippen molar-refractivity contribution >= 4 is 46.9 Å². The van der Waals surface area contributed by atoms with Gasteiger partial charge in [0.25, 0.3) is 11.8 Å². The van der Waals surface area contributed by atoms with Gasteiger partial charge in [-0.3, -0.25) is 14.4 Å². The van der Waals surface area contributed by atoms with Gasteiger partial charge in [-0.2, -0.15) is 0 Å². The molecular weight excluding hydrogens is 436 g/mol. The third-order valence-electron chi connectivity index (χ3n) is 5.34. The van der Waals surface area contributed by atoms with Gasteiger partial charge in [-0.05, 0) is 32.9 Å². The van der Waals surface area contributed by atoms with Gasteiger partial charge in [-0.1, -0.05) is 11.6 Å². The van der Waals surface area contributed by atoms with Crippen molar-refractivity contribution in [2.75, 3.05) is 14.2 Å². The van der Waals surface area contributed by atoms with Crippen LogP contribution < -0.4 is 14.8 Å². The number of fused-ring (bicyclic) bond motifs is 1. The van der Waals surface area contributed by atoms with Crippen LogP contribution in [0, 0.1) is 0 Å². The van der Waals surface area contributed by atoms with E-state index in [-0.39, 0.29) is 22.1 Å². The van der Waals surface area contributed by atoms with Crippen molar-refractivity contribution in [1.82, 2.24) is 10.2 Å². The molecule has 30 heavy (non-hydrogen) atoms. The number of halogens is 1. The molecule has 3 atom stereocenters. The quantitative estimate of drug-likeness (QED) is 0.488. The van der Waals surface area contributed by atoms with Crippen LogP contribution in [0.5, 0.6) is 11.5 Å². The molecule has 9 nitrogen and oxygen atoms in total. The third-order valence-corrected chi connectivity index (χ3v) is 7.20. The molecule has 2 saturated heterocycles. The van der Waals surface area contributed by atoms with E-state index in [9.17, 15) is 24.3 Å². The topological polar surface area (TPSA) is 122 Å². The van der Waals surface area contributed by atoms with Crippen LogP contribution in [-0.2, 0) is 14.4 Å². The van der Waals surface area contributed by atoms with Gasteiger partial charge >= 0.3 is 5.97 Å². The Morgan fingerprint density at radius 2 is 1.73 bits per heavy atom. The number of benzene rings is 1. The summed E-state index contributed by atoms with van der Waals surface area (Å²) in [5, 5.41) is 11.5. The molecule has 2 aliphatic rings. The number of amides is 2. The smallest absolute Gasteiger partial charge is 0.327 e. The zero-order chi connectivity index (χ0) is 22.6. The second-order valence-corrected chi connectivity index (χ2v) is 9.70. The monoisotopic (exact) mass is 456 g/mol. The van der Waals surface area contributed by atoms with Gasteiger partial charge in [0, 0.05) is 9.77 Å². The Bertz CT molecular complexity index is 941. The Labute approximate surface area is 182 Å². The molecule has 0 spiro atoms. The number of carbonyl (C=O) groups excluding carboxylic acids is 3. The van der Waals surface area contributed by atoms with Gasteiger partial charge in [0.05, 0.1) is 14.2 Å². The minimum absolute atomic E-state index is 0.0340. The maximum Gasteiger partial charge on any atom is 0.327 e. The third kappa shape index (κ3) is 3.01. The van der Waals surface area contributed by atoms with Crippen LogP contribution >= 0.6 is 23.4 Å². The number of carboxylic acids is 1. The van der Waals surface area contributed by atoms with Crippen LogP contribution in [0.4, 0.5) is 0 Å². The van der Waals surface area contributed by atoms with Crippen molar-refractivity contribution in [2.45, 2.75) is 42.5 Å². The second kappa shape index (κ2) is 7.35. The maximum atomic E-state index is 13.2. The number of ketones is 1. The normalized spacial score (nSPS) is 26.5. The number of rotatable bonds is 6. The molecule has 0 saturated carbocycles. The Kier molecular flexibility index (Phi) is 5.44. The molecule has 0 aromatic heterocycles. The molecule has 2 fully saturated rings. The van der Waals surface area contributed by atoms with Gasteiger partial charge in [0.15, 0.2) is 5.78 Å². The summed E-state index contributed by atoms with van der Waals surface area (Å²) >= 11 is 7.17. The lowest BCUT2D eigenvalue weighted by atomic mass is 9.81. The largest absolute Gasteiger partial charge is 0.496 e. The molecule has 0 unspecified atom stereocenters. The number of Topliss-reactive ketones (excluding diaryl/α,β-unsaturated/α-hetero) is 1. The molecule has 162 valence electrons. The minimum atomic E-state index is -1.89. The average molecular weight is 457 g/mol. The number of hydrogen-bond acceptors (Lipinski definition) is 7. The van der Waals surface area contributed by atoms with Crippen molar-refractivity contribution in [3.8, 4) is 11.5 Å². The molecule has 2 aliphatic heterocycles. The number of carboxylic acid groups (broad SMARTS) is 1. The fraction of sp³-hybridized carbons (Fsp3) is 0.474. The van der Waals surface area contributed by atoms with Crippen LogP contribution in [-0.4, -0.2) is 69.5 Å². The first-order chi connectivity index (χ1) is 13.9. The molecule has 2 heterocycles. The highest BCUT2D eigenvalue weighted by Gasteiger charge is 2.74. The number of methoxy groups -OCH3 is 2. The van der Waals surface area contributed by atoms with Crippen LogP contribution in [0.25, 0.3) is 0 Å². The maximum absolute atomic E-state index is 13.2. The number of aliphatic carboxylic acids is 1. The number of β-lactam (4-membered cyclic amide) rings is 1. The van der Waals surface area contributed by atoms with E-state index in [4.69, 9.17) is 21.1 Å². The van der Waals surface area contributed by atoms with E-state index in [2.05, 4.69) is 5.32 Å². The Morgan fingerprint density at radius 1 is 1.20 bits per heavy atom. The molecule has 0 radical (unpaired) electrons. The van der Waals surface area contributed by atoms with E-state index in [1.54, 1.807) is 13.8 Å². The van der Waals surface area contributed by atoms with Crippen LogP contribution in [0.3, 0.4) is 0 Å². The van der Waals surface area contributed by atoms with Crippen molar-refractivity contribution < 1.29 is 33.8 Å². The Hall–Kier alpha value is -2.46. The molecule has 2 N–H and O–H groups in total. The Balaban J connectivity index is 2.03. The van der Waals surface area contributed by atoms with Gasteiger partial charge in [-0.25, -0.2) is 4.79 Å². The van der Waals surface area contributed by atoms with Crippen LogP contribution in [0.1, 0.15) is 31.1 Å². The SMILES string of the molecule is COc1cc(Cl)cc(OC)c1C(=O)N[C@@]1(C(C)=O)C(=O)N2[C@@H](C(=O)O)C(C)(C)S[C@@H]21. The van der Waals surface area contributed by atoms with Crippen molar-refractivity contribution in [3.05, 3.63) is 22.7 Å². The number of thioether (sulfide) groups is 1. The average Bonchev–Trinajstić information content (AvgIpc) is 2.93. The highest BCUT2D eigenvalue weighted by atomic mass is 35.5. The highest BCUT2D eigenvalue weighted by Crippen LogP contribution is 2.55. The summed E-state index contributed by atoms with van der Waals surface area (Å²) in [6, 6.07) is 1.69. The number of nitrogens with zero attached hydrogens (tertiary/aromatic N) is 1. The van der Waals surface area contributed by atoms with E-state index in [0.717, 1.165) is 16.7 Å². The summed E-state index contributed by atoms with van der Waals surface area (Å²) < 4.78 is 9.59. The molecular formula is C19H21ClN2O7S. The zero-order valence-corrected chi connectivity index (χ0v) is 18.5. The van der Waals surface area contributed by atoms with Crippen molar-refractivity contribution in [2.24, 2.45) is 0 Å². The van der Waals surface area contributed by atoms with Gasteiger partial charge in [-0.15, -0.1) is 11.8 Å². The van der Waals surface area contributed by atoms with Gasteiger partial charge in [0.1, 0.15) is 28.5 Å². The van der Waals surface area contributed by atoms with E-state index >= 15 is 0 Å². The summed E-state index contributed by atoms with van der Waals surface area (Å²) in [7, 11) is 2.68. The zero-order valence-electron chi connectivity index (χ0n) is 16.9. The Morgan fingerprint density at radius 3 is 2.17 bits per heavy atom. The molecule has 1 aromatic rings. The summed E-state index contributed by atoms with van der Waals surface area (Å²) in [6.07, 6.45) is 0. The van der Waals surface area contributed by atoms with E-state index in [1.165, 1.54) is 33.3 Å². The standard InChI is InChI=1S/C19H21ClN2O7S/c1-8(23)19(16(27)22-13(15(25)26)18(2,3)30-17(19)22)21-14(24)12-10(28-4)6-9(20)7-11(12)29-5/h6-7,13,17H,1-5H3,(H,21,24)(H,25,26)/t13-,17+,19-/m0/s1. The predicted octanol–water partition coefficient (Wildman–Crippen LogP) is 1.56. The van der Waals surface area contributed by atoms with Gasteiger partial charge < -0.3 is 24.8 Å². The molecule has 0 bridgehead atoms. The van der Waals surface area contributed by atoms with Crippen molar-refractivity contribution in [1.29, 1.82) is 0 Å². The minimum Gasteiger partial charge on any atom is -0.496 e. The summed E-state index contributed by atoms with van der Waals surface area (Å²) in [4.78, 5) is 51.8. The molecule has 0 aliphatic carbocycles. The summed E-state index contributed by atoms with van der Waals surface area (Å²) in [5.74, 6) is -3.10. The fourth-order valence-electron chi connectivity index (χ4n) is 3.93. The molecule has 1 aromatic carbocycles. The van der Waals surface area contributed by atoms with Gasteiger partial charge in [0.2, 0.25) is 5.54 Å². The number of hydrogen-bond donors (Lipinski definition) is 2. The molecule has 11 heteroatoms. The molecule has 2 amide bonds. The lowest BCUT2D eigenvalue weighted by Gasteiger charge is -2.51. The summed E-state index contributed by atoms with van der Waals surface area (Å²) in [5.41, 5.74) is -1.92. The van der Waals surface area contributed by atoms with E-state index in [0.29, 0.717) is 0 Å². The number of carbonyl (C=O) groups is 4. The first-order valence-corrected chi connectivity index (χ1v) is 10.2. The van der Waals surface area contributed by atoms with E-state index in [1.807, 2.05) is 0 Å². The fourth-order valence-corrected chi connectivity index (χ4v) is 5.88. The molecule has 3 rings (SSSR count).